The summed E-state index contributed by atoms with van der Waals surface area (Å²) in [6, 6.07) is 8.65. The van der Waals surface area contributed by atoms with Crippen molar-refractivity contribution in [3.63, 3.8) is 0 Å². The Labute approximate surface area is 163 Å². The molecule has 2 aliphatic heterocycles. The molecule has 25 heavy (non-hydrogen) atoms. The molecule has 2 unspecified atom stereocenters. The number of carbonyl (C=O) groups excluding carboxylic acids is 2. The zero-order chi connectivity index (χ0) is 16.9. The van der Waals surface area contributed by atoms with Crippen LogP contribution in [0.4, 0.5) is 5.69 Å². The van der Waals surface area contributed by atoms with E-state index in [-0.39, 0.29) is 24.2 Å². The van der Waals surface area contributed by atoms with Crippen LogP contribution in [-0.4, -0.2) is 30.4 Å². The molecule has 0 saturated carbocycles. The number of fused-ring (bicyclic) bond motifs is 2. The second kappa shape index (κ2) is 9.55. The van der Waals surface area contributed by atoms with Gasteiger partial charge >= 0.3 is 0 Å². The Hall–Kier alpha value is -1.11. The number of hydrogen-bond donors (Lipinski definition) is 3. The van der Waals surface area contributed by atoms with Gasteiger partial charge in [-0.05, 0) is 55.9 Å². The molecule has 5 nitrogen and oxygen atoms in total. The minimum atomic E-state index is -0.0856. The van der Waals surface area contributed by atoms with Gasteiger partial charge in [0.25, 0.3) is 0 Å². The molecule has 1 aromatic carbocycles. The van der Waals surface area contributed by atoms with Crippen LogP contribution >= 0.6 is 28.3 Å². The van der Waals surface area contributed by atoms with E-state index in [0.29, 0.717) is 37.4 Å². The van der Waals surface area contributed by atoms with Crippen molar-refractivity contribution in [2.75, 3.05) is 11.9 Å². The average Bonchev–Trinajstić information content (AvgIpc) is 2.88. The van der Waals surface area contributed by atoms with E-state index in [1.165, 1.54) is 12.8 Å². The smallest absolute Gasteiger partial charge is 0.226 e. The molecule has 2 heterocycles. The highest BCUT2D eigenvalue weighted by atomic mass is 79.9. The Morgan fingerprint density at radius 2 is 1.72 bits per heavy atom. The normalized spacial score (nSPS) is 24.3. The maximum absolute atomic E-state index is 12.1. The first kappa shape index (κ1) is 20.2. The number of hydrogen-bond acceptors (Lipinski definition) is 3. The van der Waals surface area contributed by atoms with Crippen molar-refractivity contribution < 1.29 is 9.59 Å². The molecule has 2 aliphatic rings. The van der Waals surface area contributed by atoms with Crippen molar-refractivity contribution in [1.82, 2.24) is 10.6 Å². The number of anilines is 1. The van der Waals surface area contributed by atoms with Crippen LogP contribution in [0.3, 0.4) is 0 Å². The average molecular weight is 431 g/mol. The largest absolute Gasteiger partial charge is 0.356 e. The van der Waals surface area contributed by atoms with Crippen molar-refractivity contribution in [2.24, 2.45) is 5.92 Å². The number of piperidine rings is 1. The van der Waals surface area contributed by atoms with Crippen molar-refractivity contribution >= 4 is 45.8 Å². The summed E-state index contributed by atoms with van der Waals surface area (Å²) in [7, 11) is 0. The molecule has 2 bridgehead atoms. The van der Waals surface area contributed by atoms with E-state index in [0.717, 1.165) is 23.0 Å². The highest BCUT2D eigenvalue weighted by Gasteiger charge is 2.34. The van der Waals surface area contributed by atoms with Crippen molar-refractivity contribution in [2.45, 2.75) is 50.6 Å². The lowest BCUT2D eigenvalue weighted by Crippen LogP contribution is -2.40. The Balaban J connectivity index is 0.00000225. The maximum atomic E-state index is 12.1. The molecule has 3 rings (SSSR count). The summed E-state index contributed by atoms with van der Waals surface area (Å²) >= 11 is 3.36. The molecular formula is C18H25BrClN3O2. The number of benzene rings is 1. The van der Waals surface area contributed by atoms with Gasteiger partial charge in [-0.2, -0.15) is 0 Å². The summed E-state index contributed by atoms with van der Waals surface area (Å²) in [5.74, 6) is 0.468. The van der Waals surface area contributed by atoms with Gasteiger partial charge in [0, 0.05) is 41.6 Å². The van der Waals surface area contributed by atoms with Crippen LogP contribution in [-0.2, 0) is 9.59 Å². The highest BCUT2D eigenvalue weighted by molar-refractivity contribution is 9.10. The van der Waals surface area contributed by atoms with E-state index in [1.54, 1.807) is 0 Å². The van der Waals surface area contributed by atoms with Crippen LogP contribution in [0.2, 0.25) is 0 Å². The third-order valence-corrected chi connectivity index (χ3v) is 5.38. The van der Waals surface area contributed by atoms with E-state index >= 15 is 0 Å². The first-order chi connectivity index (χ1) is 11.6. The maximum Gasteiger partial charge on any atom is 0.226 e. The number of rotatable bonds is 6. The highest BCUT2D eigenvalue weighted by Crippen LogP contribution is 2.32. The lowest BCUT2D eigenvalue weighted by Gasteiger charge is -2.28. The van der Waals surface area contributed by atoms with Crippen molar-refractivity contribution in [3.05, 3.63) is 28.7 Å². The minimum Gasteiger partial charge on any atom is -0.356 e. The topological polar surface area (TPSA) is 70.2 Å². The van der Waals surface area contributed by atoms with Gasteiger partial charge in [0.15, 0.2) is 0 Å². The van der Waals surface area contributed by atoms with E-state index < -0.39 is 0 Å². The van der Waals surface area contributed by atoms with Crippen LogP contribution in [0.25, 0.3) is 0 Å². The van der Waals surface area contributed by atoms with Crippen molar-refractivity contribution in [1.29, 1.82) is 0 Å². The third kappa shape index (κ3) is 6.28. The van der Waals surface area contributed by atoms with Crippen LogP contribution in [0.1, 0.15) is 38.5 Å². The Bertz CT molecular complexity index is 584. The van der Waals surface area contributed by atoms with E-state index in [4.69, 9.17) is 0 Å². The predicted octanol–water partition coefficient (Wildman–Crippen LogP) is 3.24. The molecule has 7 heteroatoms. The summed E-state index contributed by atoms with van der Waals surface area (Å²) in [6.07, 6.45) is 5.59. The van der Waals surface area contributed by atoms with Gasteiger partial charge in [-0.25, -0.2) is 0 Å². The Morgan fingerprint density at radius 1 is 1.08 bits per heavy atom. The molecule has 1 aromatic rings. The zero-order valence-electron chi connectivity index (χ0n) is 14.1. The fraction of sp³-hybridized carbons (Fsp3) is 0.556. The van der Waals surface area contributed by atoms with Crippen LogP contribution in [0.5, 0.6) is 0 Å². The first-order valence-corrected chi connectivity index (χ1v) is 9.46. The fourth-order valence-corrected chi connectivity index (χ4v) is 4.01. The standard InChI is InChI=1S/C18H24BrN3O2.ClH/c19-13-1-3-14(4-2-13)22-17(23)7-8-20-18(24)11-12-9-15-5-6-16(10-12)21-15;/h1-4,12,15-16,21H,5-11H2,(H,20,24)(H,22,23);1H. The molecule has 2 amide bonds. The van der Waals surface area contributed by atoms with E-state index in [9.17, 15) is 9.59 Å². The summed E-state index contributed by atoms with van der Waals surface area (Å²) in [5, 5.41) is 9.29. The van der Waals surface area contributed by atoms with Crippen LogP contribution in [0.15, 0.2) is 28.7 Å². The lowest BCUT2D eigenvalue weighted by molar-refractivity contribution is -0.122. The quantitative estimate of drug-likeness (QED) is 0.649. The predicted molar refractivity (Wildman–Crippen MR) is 105 cm³/mol. The Kier molecular flexibility index (Phi) is 7.72. The van der Waals surface area contributed by atoms with Gasteiger partial charge in [0.1, 0.15) is 0 Å². The lowest BCUT2D eigenvalue weighted by atomic mass is 9.89. The number of nitrogens with one attached hydrogen (secondary N) is 3. The molecule has 2 atom stereocenters. The molecule has 0 spiro atoms. The second-order valence-electron chi connectivity index (χ2n) is 6.83. The van der Waals surface area contributed by atoms with Gasteiger partial charge in [0.2, 0.25) is 11.8 Å². The molecule has 2 fully saturated rings. The molecule has 0 aromatic heterocycles. The monoisotopic (exact) mass is 429 g/mol. The van der Waals surface area contributed by atoms with E-state index in [2.05, 4.69) is 31.9 Å². The first-order valence-electron chi connectivity index (χ1n) is 8.66. The van der Waals surface area contributed by atoms with Crippen LogP contribution in [0, 0.1) is 5.92 Å². The number of amides is 2. The number of carbonyl (C=O) groups is 2. The van der Waals surface area contributed by atoms with Gasteiger partial charge in [-0.1, -0.05) is 15.9 Å². The summed E-state index contributed by atoms with van der Waals surface area (Å²) in [6.45, 7) is 0.388. The summed E-state index contributed by atoms with van der Waals surface area (Å²) < 4.78 is 0.971. The van der Waals surface area contributed by atoms with Crippen LogP contribution < -0.4 is 16.0 Å². The van der Waals surface area contributed by atoms with Gasteiger partial charge in [-0.15, -0.1) is 12.4 Å². The van der Waals surface area contributed by atoms with Gasteiger partial charge in [0.05, 0.1) is 0 Å². The summed E-state index contributed by atoms with van der Waals surface area (Å²) in [5.41, 5.74) is 0.764. The molecule has 3 N–H and O–H groups in total. The zero-order valence-corrected chi connectivity index (χ0v) is 16.5. The van der Waals surface area contributed by atoms with Crippen molar-refractivity contribution in [3.8, 4) is 0 Å². The number of halogens is 2. The minimum absolute atomic E-state index is 0. The molecule has 0 aliphatic carbocycles. The molecule has 0 radical (unpaired) electrons. The van der Waals surface area contributed by atoms with Gasteiger partial charge in [-0.3, -0.25) is 9.59 Å². The SMILES string of the molecule is Cl.O=C(CC1CC2CCC(C1)N2)NCCC(=O)Nc1ccc(Br)cc1. The molecule has 138 valence electrons. The second-order valence-corrected chi connectivity index (χ2v) is 7.75. The molecular weight excluding hydrogens is 406 g/mol. The van der Waals surface area contributed by atoms with E-state index in [1.807, 2.05) is 24.3 Å². The van der Waals surface area contributed by atoms with Gasteiger partial charge < -0.3 is 16.0 Å². The Morgan fingerprint density at radius 3 is 2.36 bits per heavy atom. The summed E-state index contributed by atoms with van der Waals surface area (Å²) in [4.78, 5) is 23.9. The third-order valence-electron chi connectivity index (χ3n) is 4.85. The fourth-order valence-electron chi connectivity index (χ4n) is 3.75. The molecule has 2 saturated heterocycles.